The molecule has 94 valence electrons. The molecule has 1 aliphatic carbocycles. The SMILES string of the molecule is COc1c(C)cc(Cl)cc1C(N)C1(CN)CC1. The first-order chi connectivity index (χ1) is 8.04. The van der Waals surface area contributed by atoms with E-state index >= 15 is 0 Å². The van der Waals surface area contributed by atoms with Crippen LogP contribution in [0.5, 0.6) is 5.75 Å². The summed E-state index contributed by atoms with van der Waals surface area (Å²) in [5, 5.41) is 0.696. The third-order valence-electron chi connectivity index (χ3n) is 3.77. The maximum atomic E-state index is 6.34. The van der Waals surface area contributed by atoms with Crippen LogP contribution in [0.4, 0.5) is 0 Å². The Hall–Kier alpha value is -0.770. The molecule has 1 saturated carbocycles. The third kappa shape index (κ3) is 2.15. The van der Waals surface area contributed by atoms with Crippen molar-refractivity contribution in [3.8, 4) is 5.75 Å². The molecule has 0 aliphatic heterocycles. The van der Waals surface area contributed by atoms with Crippen molar-refractivity contribution in [3.63, 3.8) is 0 Å². The Morgan fingerprint density at radius 2 is 2.12 bits per heavy atom. The van der Waals surface area contributed by atoms with Crippen LogP contribution in [-0.4, -0.2) is 13.7 Å². The third-order valence-corrected chi connectivity index (χ3v) is 3.98. The van der Waals surface area contributed by atoms with E-state index in [4.69, 9.17) is 27.8 Å². The average Bonchev–Trinajstić information content (AvgIpc) is 3.08. The van der Waals surface area contributed by atoms with Crippen LogP contribution in [0, 0.1) is 12.3 Å². The highest BCUT2D eigenvalue weighted by molar-refractivity contribution is 6.30. The topological polar surface area (TPSA) is 61.3 Å². The van der Waals surface area contributed by atoms with Crippen molar-refractivity contribution in [2.45, 2.75) is 25.8 Å². The molecule has 0 amide bonds. The summed E-state index contributed by atoms with van der Waals surface area (Å²) in [7, 11) is 1.66. The first-order valence-corrected chi connectivity index (χ1v) is 6.21. The standard InChI is InChI=1S/C13H19ClN2O/c1-8-5-9(14)6-10(11(8)17-2)12(16)13(7-15)3-4-13/h5-6,12H,3-4,7,15-16H2,1-2H3. The Kier molecular flexibility index (Phi) is 3.34. The van der Waals surface area contributed by atoms with Crippen LogP contribution >= 0.6 is 11.6 Å². The fraction of sp³-hybridized carbons (Fsp3) is 0.538. The van der Waals surface area contributed by atoms with Gasteiger partial charge in [-0.2, -0.15) is 0 Å². The molecule has 1 atom stereocenters. The summed E-state index contributed by atoms with van der Waals surface area (Å²) < 4.78 is 5.44. The van der Waals surface area contributed by atoms with Gasteiger partial charge in [0.05, 0.1) is 7.11 Å². The number of nitrogens with two attached hydrogens (primary N) is 2. The molecule has 0 radical (unpaired) electrons. The summed E-state index contributed by atoms with van der Waals surface area (Å²) in [6.07, 6.45) is 2.17. The fourth-order valence-corrected chi connectivity index (χ4v) is 2.68. The lowest BCUT2D eigenvalue weighted by Gasteiger charge is -2.25. The zero-order valence-electron chi connectivity index (χ0n) is 10.3. The van der Waals surface area contributed by atoms with Crippen LogP contribution < -0.4 is 16.2 Å². The minimum absolute atomic E-state index is 0.0460. The molecular weight excluding hydrogens is 236 g/mol. The van der Waals surface area contributed by atoms with Gasteiger partial charge >= 0.3 is 0 Å². The van der Waals surface area contributed by atoms with Gasteiger partial charge in [0.15, 0.2) is 0 Å². The molecular formula is C13H19ClN2O. The van der Waals surface area contributed by atoms with E-state index in [-0.39, 0.29) is 11.5 Å². The number of benzene rings is 1. The Bertz CT molecular complexity index is 430. The predicted molar refractivity (Wildman–Crippen MR) is 70.4 cm³/mol. The lowest BCUT2D eigenvalue weighted by Crippen LogP contribution is -2.30. The molecule has 0 bridgehead atoms. The monoisotopic (exact) mass is 254 g/mol. The van der Waals surface area contributed by atoms with Gasteiger partial charge in [0.25, 0.3) is 0 Å². The molecule has 1 aromatic rings. The Morgan fingerprint density at radius 3 is 2.59 bits per heavy atom. The summed E-state index contributed by atoms with van der Waals surface area (Å²) in [4.78, 5) is 0. The number of methoxy groups -OCH3 is 1. The van der Waals surface area contributed by atoms with Crippen LogP contribution in [0.1, 0.15) is 30.0 Å². The van der Waals surface area contributed by atoms with Gasteiger partial charge in [-0.05, 0) is 44.0 Å². The largest absolute Gasteiger partial charge is 0.496 e. The summed E-state index contributed by atoms with van der Waals surface area (Å²) in [6.45, 7) is 2.59. The molecule has 1 aliphatic rings. The van der Waals surface area contributed by atoms with E-state index in [2.05, 4.69) is 0 Å². The minimum atomic E-state index is -0.0974. The van der Waals surface area contributed by atoms with Crippen LogP contribution in [0.3, 0.4) is 0 Å². The van der Waals surface area contributed by atoms with Crippen LogP contribution in [-0.2, 0) is 0 Å². The molecule has 17 heavy (non-hydrogen) atoms. The lowest BCUT2D eigenvalue weighted by atomic mass is 9.89. The van der Waals surface area contributed by atoms with E-state index in [1.807, 2.05) is 19.1 Å². The van der Waals surface area contributed by atoms with Gasteiger partial charge in [0, 0.05) is 22.0 Å². The second-order valence-corrected chi connectivity index (χ2v) is 5.33. The van der Waals surface area contributed by atoms with Gasteiger partial charge in [-0.3, -0.25) is 0 Å². The smallest absolute Gasteiger partial charge is 0.126 e. The van der Waals surface area contributed by atoms with E-state index in [1.165, 1.54) is 0 Å². The molecule has 2 rings (SSSR count). The van der Waals surface area contributed by atoms with Gasteiger partial charge in [-0.1, -0.05) is 11.6 Å². The van der Waals surface area contributed by atoms with Gasteiger partial charge in [-0.25, -0.2) is 0 Å². The summed E-state index contributed by atoms with van der Waals surface area (Å²) in [5.74, 6) is 0.835. The highest BCUT2D eigenvalue weighted by Gasteiger charge is 2.48. The Morgan fingerprint density at radius 1 is 1.47 bits per heavy atom. The predicted octanol–water partition coefficient (Wildman–Crippen LogP) is 2.40. The van der Waals surface area contributed by atoms with Crippen molar-refractivity contribution in [1.29, 1.82) is 0 Å². The van der Waals surface area contributed by atoms with Crippen molar-refractivity contribution in [1.82, 2.24) is 0 Å². The first-order valence-electron chi connectivity index (χ1n) is 5.84. The zero-order chi connectivity index (χ0) is 12.6. The van der Waals surface area contributed by atoms with E-state index in [0.717, 1.165) is 29.7 Å². The molecule has 0 saturated heterocycles. The van der Waals surface area contributed by atoms with Gasteiger partial charge in [0.2, 0.25) is 0 Å². The fourth-order valence-electron chi connectivity index (χ4n) is 2.40. The Balaban J connectivity index is 2.43. The zero-order valence-corrected chi connectivity index (χ0v) is 11.1. The first kappa shape index (κ1) is 12.7. The quantitative estimate of drug-likeness (QED) is 0.867. The number of halogens is 1. The Labute approximate surface area is 107 Å². The second kappa shape index (κ2) is 4.48. The number of ether oxygens (including phenoxy) is 1. The molecule has 0 heterocycles. The normalized spacial score (nSPS) is 18.9. The van der Waals surface area contributed by atoms with Gasteiger partial charge < -0.3 is 16.2 Å². The molecule has 1 unspecified atom stereocenters. The van der Waals surface area contributed by atoms with Crippen molar-refractivity contribution < 1.29 is 4.74 Å². The van der Waals surface area contributed by atoms with Crippen LogP contribution in [0.2, 0.25) is 5.02 Å². The minimum Gasteiger partial charge on any atom is -0.496 e. The second-order valence-electron chi connectivity index (χ2n) is 4.89. The molecule has 1 aromatic carbocycles. The number of hydrogen-bond acceptors (Lipinski definition) is 3. The van der Waals surface area contributed by atoms with Crippen LogP contribution in [0.25, 0.3) is 0 Å². The molecule has 4 heteroatoms. The summed E-state index contributed by atoms with van der Waals surface area (Å²) >= 11 is 6.09. The summed E-state index contributed by atoms with van der Waals surface area (Å²) in [5.41, 5.74) is 14.2. The molecule has 3 nitrogen and oxygen atoms in total. The lowest BCUT2D eigenvalue weighted by molar-refractivity contribution is 0.373. The van der Waals surface area contributed by atoms with Crippen molar-refractivity contribution in [2.24, 2.45) is 16.9 Å². The van der Waals surface area contributed by atoms with Gasteiger partial charge in [-0.15, -0.1) is 0 Å². The number of rotatable bonds is 4. The molecule has 0 spiro atoms. The van der Waals surface area contributed by atoms with E-state index < -0.39 is 0 Å². The van der Waals surface area contributed by atoms with Gasteiger partial charge in [0.1, 0.15) is 5.75 Å². The maximum Gasteiger partial charge on any atom is 0.126 e. The highest BCUT2D eigenvalue weighted by atomic mass is 35.5. The molecule has 4 N–H and O–H groups in total. The molecule has 1 fully saturated rings. The van der Waals surface area contributed by atoms with E-state index in [9.17, 15) is 0 Å². The van der Waals surface area contributed by atoms with Crippen LogP contribution in [0.15, 0.2) is 12.1 Å². The summed E-state index contributed by atoms with van der Waals surface area (Å²) in [6, 6.07) is 3.69. The van der Waals surface area contributed by atoms with Crippen molar-refractivity contribution in [2.75, 3.05) is 13.7 Å². The van der Waals surface area contributed by atoms with E-state index in [0.29, 0.717) is 11.6 Å². The number of aryl methyl sites for hydroxylation is 1. The van der Waals surface area contributed by atoms with Crippen molar-refractivity contribution in [3.05, 3.63) is 28.3 Å². The molecule has 0 aromatic heterocycles. The maximum absolute atomic E-state index is 6.34. The number of hydrogen-bond donors (Lipinski definition) is 2. The van der Waals surface area contributed by atoms with Crippen molar-refractivity contribution >= 4 is 11.6 Å². The average molecular weight is 255 g/mol. The highest BCUT2D eigenvalue weighted by Crippen LogP contribution is 2.54. The van der Waals surface area contributed by atoms with E-state index in [1.54, 1.807) is 7.11 Å².